The average molecular weight is 210 g/mol. The number of hydrogen-bond donors (Lipinski definition) is 3. The lowest BCUT2D eigenvalue weighted by Crippen LogP contribution is -2.33. The zero-order valence-corrected chi connectivity index (χ0v) is 9.03. The molecule has 84 valence electrons. The number of nitrogens with two attached hydrogens (primary N) is 1. The molecule has 0 unspecified atom stereocenters. The summed E-state index contributed by atoms with van der Waals surface area (Å²) in [5, 5.41) is 17.4. The molecule has 0 spiro atoms. The second-order valence-electron chi connectivity index (χ2n) is 4.39. The number of rotatable bonds is 3. The van der Waals surface area contributed by atoms with Gasteiger partial charge in [0.25, 0.3) is 0 Å². The molecule has 5 heteroatoms. The molecule has 0 aromatic carbocycles. The summed E-state index contributed by atoms with van der Waals surface area (Å²) in [4.78, 5) is 0. The van der Waals surface area contributed by atoms with Crippen LogP contribution in [0.15, 0.2) is 6.20 Å². The smallest absolute Gasteiger partial charge is 0.171 e. The van der Waals surface area contributed by atoms with Gasteiger partial charge in [0.05, 0.1) is 11.3 Å². The Morgan fingerprint density at radius 3 is 2.80 bits per heavy atom. The molecule has 15 heavy (non-hydrogen) atoms. The van der Waals surface area contributed by atoms with Gasteiger partial charge < -0.3 is 16.2 Å². The molecule has 4 N–H and O–H groups in total. The Labute approximate surface area is 89.3 Å². The van der Waals surface area contributed by atoms with Crippen LogP contribution in [-0.4, -0.2) is 27.0 Å². The van der Waals surface area contributed by atoms with E-state index in [9.17, 15) is 5.11 Å². The number of anilines is 2. The number of aryl methyl sites for hydroxylation is 1. The van der Waals surface area contributed by atoms with Gasteiger partial charge in [0, 0.05) is 19.8 Å². The highest BCUT2D eigenvalue weighted by Crippen LogP contribution is 2.29. The second kappa shape index (κ2) is 3.73. The Morgan fingerprint density at radius 1 is 1.60 bits per heavy atom. The fraction of sp³-hybridized carbons (Fsp3) is 0.700. The van der Waals surface area contributed by atoms with Crippen molar-refractivity contribution in [1.29, 1.82) is 0 Å². The zero-order chi connectivity index (χ0) is 10.9. The largest absolute Gasteiger partial charge is 0.394 e. The molecule has 1 saturated carbocycles. The first kappa shape index (κ1) is 10.3. The van der Waals surface area contributed by atoms with Crippen molar-refractivity contribution in [1.82, 2.24) is 9.78 Å². The Balaban J connectivity index is 1.95. The van der Waals surface area contributed by atoms with Crippen LogP contribution in [-0.2, 0) is 7.05 Å². The molecule has 1 aliphatic carbocycles. The fourth-order valence-corrected chi connectivity index (χ4v) is 2.10. The topological polar surface area (TPSA) is 76.1 Å². The van der Waals surface area contributed by atoms with Gasteiger partial charge in [-0.3, -0.25) is 4.68 Å². The van der Waals surface area contributed by atoms with Gasteiger partial charge in [-0.25, -0.2) is 0 Å². The lowest BCUT2D eigenvalue weighted by molar-refractivity contribution is 0.0614. The molecule has 1 heterocycles. The number of aliphatic hydroxyl groups is 1. The van der Waals surface area contributed by atoms with Crippen LogP contribution in [0.25, 0.3) is 0 Å². The fourth-order valence-electron chi connectivity index (χ4n) is 2.10. The third kappa shape index (κ3) is 2.23. The summed E-state index contributed by atoms with van der Waals surface area (Å²) < 4.78 is 1.66. The summed E-state index contributed by atoms with van der Waals surface area (Å²) in [6, 6.07) is 0. The molecule has 0 bridgehead atoms. The van der Waals surface area contributed by atoms with Gasteiger partial charge in [-0.15, -0.1) is 0 Å². The van der Waals surface area contributed by atoms with E-state index in [1.807, 2.05) is 7.05 Å². The monoisotopic (exact) mass is 210 g/mol. The molecule has 1 aromatic rings. The number of hydrogen-bond acceptors (Lipinski definition) is 4. The van der Waals surface area contributed by atoms with Crippen LogP contribution in [0, 0.1) is 0 Å². The van der Waals surface area contributed by atoms with Gasteiger partial charge in [-0.1, -0.05) is 12.8 Å². The summed E-state index contributed by atoms with van der Waals surface area (Å²) in [6.07, 6.45) is 5.70. The normalized spacial score (nSPS) is 19.3. The van der Waals surface area contributed by atoms with Crippen LogP contribution in [0.5, 0.6) is 0 Å². The van der Waals surface area contributed by atoms with Crippen LogP contribution >= 0.6 is 0 Å². The van der Waals surface area contributed by atoms with E-state index >= 15 is 0 Å². The number of nitrogen functional groups attached to an aromatic ring is 1. The molecular weight excluding hydrogens is 192 g/mol. The summed E-state index contributed by atoms with van der Waals surface area (Å²) in [6.45, 7) is 0.536. The van der Waals surface area contributed by atoms with E-state index in [1.54, 1.807) is 10.9 Å². The third-order valence-electron chi connectivity index (χ3n) is 2.98. The minimum atomic E-state index is -0.566. The van der Waals surface area contributed by atoms with Crippen molar-refractivity contribution in [3.8, 4) is 0 Å². The Kier molecular flexibility index (Phi) is 2.56. The molecule has 2 rings (SSSR count). The SMILES string of the molecule is Cn1cc(N)c(NCC2(O)CCCC2)n1. The van der Waals surface area contributed by atoms with Crippen LogP contribution in [0.2, 0.25) is 0 Å². The molecular formula is C10H18N4O. The van der Waals surface area contributed by atoms with Crippen molar-refractivity contribution in [2.24, 2.45) is 7.05 Å². The van der Waals surface area contributed by atoms with E-state index in [-0.39, 0.29) is 0 Å². The summed E-state index contributed by atoms with van der Waals surface area (Å²) in [5.41, 5.74) is 5.80. The van der Waals surface area contributed by atoms with Crippen LogP contribution in [0.1, 0.15) is 25.7 Å². The quantitative estimate of drug-likeness (QED) is 0.687. The average Bonchev–Trinajstić information content (AvgIpc) is 2.71. The first-order chi connectivity index (χ1) is 7.09. The standard InChI is InChI=1S/C10H18N4O/c1-14-6-8(11)9(13-14)12-7-10(15)4-2-3-5-10/h6,15H,2-5,7,11H2,1H3,(H,12,13). The highest BCUT2D eigenvalue weighted by Gasteiger charge is 2.30. The Morgan fingerprint density at radius 2 is 2.27 bits per heavy atom. The predicted molar refractivity (Wildman–Crippen MR) is 59.5 cm³/mol. The molecule has 1 fully saturated rings. The molecule has 1 aromatic heterocycles. The van der Waals surface area contributed by atoms with Crippen LogP contribution in [0.3, 0.4) is 0 Å². The minimum Gasteiger partial charge on any atom is -0.394 e. The van der Waals surface area contributed by atoms with Crippen molar-refractivity contribution in [3.63, 3.8) is 0 Å². The van der Waals surface area contributed by atoms with E-state index in [4.69, 9.17) is 5.73 Å². The van der Waals surface area contributed by atoms with Crippen molar-refractivity contribution < 1.29 is 5.11 Å². The highest BCUT2D eigenvalue weighted by molar-refractivity contribution is 5.59. The van der Waals surface area contributed by atoms with Crippen LogP contribution < -0.4 is 11.1 Å². The first-order valence-corrected chi connectivity index (χ1v) is 5.34. The molecule has 5 nitrogen and oxygen atoms in total. The molecule has 0 aliphatic heterocycles. The van der Waals surface area contributed by atoms with Gasteiger partial charge in [-0.2, -0.15) is 5.10 Å². The van der Waals surface area contributed by atoms with E-state index in [2.05, 4.69) is 10.4 Å². The minimum absolute atomic E-state index is 0.536. The Hall–Kier alpha value is -1.23. The highest BCUT2D eigenvalue weighted by atomic mass is 16.3. The zero-order valence-electron chi connectivity index (χ0n) is 9.03. The van der Waals surface area contributed by atoms with Gasteiger partial charge in [0.15, 0.2) is 5.82 Å². The van der Waals surface area contributed by atoms with Gasteiger partial charge in [0.2, 0.25) is 0 Å². The maximum Gasteiger partial charge on any atom is 0.171 e. The maximum atomic E-state index is 10.1. The molecule has 0 radical (unpaired) electrons. The summed E-state index contributed by atoms with van der Waals surface area (Å²) in [5.74, 6) is 0.665. The second-order valence-corrected chi connectivity index (χ2v) is 4.39. The maximum absolute atomic E-state index is 10.1. The molecule has 0 saturated heterocycles. The molecule has 0 amide bonds. The van der Waals surface area contributed by atoms with Crippen molar-refractivity contribution in [2.75, 3.05) is 17.6 Å². The van der Waals surface area contributed by atoms with E-state index in [0.717, 1.165) is 25.7 Å². The van der Waals surface area contributed by atoms with E-state index in [1.165, 1.54) is 0 Å². The van der Waals surface area contributed by atoms with Gasteiger partial charge >= 0.3 is 0 Å². The summed E-state index contributed by atoms with van der Waals surface area (Å²) in [7, 11) is 1.83. The lowest BCUT2D eigenvalue weighted by atomic mass is 10.0. The van der Waals surface area contributed by atoms with Crippen molar-refractivity contribution in [3.05, 3.63) is 6.20 Å². The van der Waals surface area contributed by atoms with E-state index < -0.39 is 5.60 Å². The lowest BCUT2D eigenvalue weighted by Gasteiger charge is -2.22. The van der Waals surface area contributed by atoms with Crippen molar-refractivity contribution >= 4 is 11.5 Å². The van der Waals surface area contributed by atoms with Crippen LogP contribution in [0.4, 0.5) is 11.5 Å². The third-order valence-corrected chi connectivity index (χ3v) is 2.98. The predicted octanol–water partition coefficient (Wildman–Crippen LogP) is 0.719. The molecule has 1 aliphatic rings. The number of nitrogens with zero attached hydrogens (tertiary/aromatic N) is 2. The Bertz CT molecular complexity index is 341. The van der Waals surface area contributed by atoms with Crippen molar-refractivity contribution in [2.45, 2.75) is 31.3 Å². The van der Waals surface area contributed by atoms with Gasteiger partial charge in [-0.05, 0) is 12.8 Å². The van der Waals surface area contributed by atoms with Gasteiger partial charge in [0.1, 0.15) is 0 Å². The van der Waals surface area contributed by atoms with E-state index in [0.29, 0.717) is 18.1 Å². The first-order valence-electron chi connectivity index (χ1n) is 5.34. The molecule has 0 atom stereocenters. The summed E-state index contributed by atoms with van der Waals surface area (Å²) >= 11 is 0. The number of nitrogens with one attached hydrogen (secondary N) is 1. The number of aromatic nitrogens is 2.